The molecule has 0 radical (unpaired) electrons. The Balaban J connectivity index is 2.53. The molecule has 0 unspecified atom stereocenters. The lowest BCUT2D eigenvalue weighted by atomic mass is 9.88. The fourth-order valence-electron chi connectivity index (χ4n) is 3.31. The maximum Gasteiger partial charge on any atom is 0.340 e. The van der Waals surface area contributed by atoms with Gasteiger partial charge < -0.3 is 9.30 Å². The Morgan fingerprint density at radius 2 is 1.84 bits per heavy atom. The van der Waals surface area contributed by atoms with Crippen LogP contribution >= 0.6 is 0 Å². The number of rotatable bonds is 6. The molecule has 0 aliphatic rings. The van der Waals surface area contributed by atoms with Crippen LogP contribution in [-0.4, -0.2) is 23.4 Å². The van der Waals surface area contributed by atoms with Crippen molar-refractivity contribution in [3.63, 3.8) is 0 Å². The molecule has 4 heteroatoms. The van der Waals surface area contributed by atoms with Crippen molar-refractivity contribution in [1.29, 1.82) is 0 Å². The Hall–Kier alpha value is -2.36. The van der Waals surface area contributed by atoms with Crippen LogP contribution in [0.1, 0.15) is 65.4 Å². The van der Waals surface area contributed by atoms with Crippen molar-refractivity contribution < 1.29 is 14.3 Å². The van der Waals surface area contributed by atoms with E-state index in [9.17, 15) is 9.59 Å². The fraction of sp³-hybridized carbons (Fsp3) is 0.429. The number of aryl methyl sites for hydroxylation is 1. The molecule has 25 heavy (non-hydrogen) atoms. The van der Waals surface area contributed by atoms with E-state index in [0.717, 1.165) is 24.1 Å². The second kappa shape index (κ2) is 7.68. The second-order valence-electron chi connectivity index (χ2n) is 7.20. The molecule has 0 saturated carbocycles. The summed E-state index contributed by atoms with van der Waals surface area (Å²) in [5, 5.41) is 0. The van der Waals surface area contributed by atoms with E-state index in [1.165, 1.54) is 5.56 Å². The van der Waals surface area contributed by atoms with Gasteiger partial charge in [-0.2, -0.15) is 0 Å². The number of hydrogen-bond donors (Lipinski definition) is 0. The van der Waals surface area contributed by atoms with E-state index in [1.807, 2.05) is 25.1 Å². The Kier molecular flexibility index (Phi) is 5.83. The van der Waals surface area contributed by atoms with E-state index in [0.29, 0.717) is 17.7 Å². The monoisotopic (exact) mass is 341 g/mol. The zero-order valence-corrected chi connectivity index (χ0v) is 15.8. The summed E-state index contributed by atoms with van der Waals surface area (Å²) in [6.45, 7) is 10.8. The summed E-state index contributed by atoms with van der Waals surface area (Å²) in [5.41, 5.74) is 3.50. The van der Waals surface area contributed by atoms with Gasteiger partial charge in [-0.25, -0.2) is 4.79 Å². The summed E-state index contributed by atoms with van der Waals surface area (Å²) in [5.74, 6) is -0.425. The Labute approximate surface area is 149 Å². The molecule has 0 fully saturated rings. The van der Waals surface area contributed by atoms with Crippen molar-refractivity contribution in [2.75, 3.05) is 6.61 Å². The van der Waals surface area contributed by atoms with Crippen molar-refractivity contribution in [2.45, 2.75) is 53.0 Å². The topological polar surface area (TPSA) is 48.3 Å². The molecule has 0 spiro atoms. The van der Waals surface area contributed by atoms with Gasteiger partial charge in [-0.3, -0.25) is 4.79 Å². The quantitative estimate of drug-likeness (QED) is 0.580. The smallest absolute Gasteiger partial charge is 0.340 e. The standard InChI is InChI=1S/C21H27NO3/c1-6-25-20(24)18-15(2)22(13-12-16-10-8-7-9-11-16)19(17(18)14-23)21(3,4)5/h7-11,14H,6,12-13H2,1-5H3. The van der Waals surface area contributed by atoms with Crippen LogP contribution in [0.15, 0.2) is 30.3 Å². The highest BCUT2D eigenvalue weighted by Gasteiger charge is 2.31. The summed E-state index contributed by atoms with van der Waals surface area (Å²) in [6.07, 6.45) is 1.62. The minimum Gasteiger partial charge on any atom is -0.462 e. The molecule has 2 aromatic rings. The zero-order valence-electron chi connectivity index (χ0n) is 15.8. The Morgan fingerprint density at radius 3 is 2.36 bits per heavy atom. The lowest BCUT2D eigenvalue weighted by Crippen LogP contribution is -2.21. The van der Waals surface area contributed by atoms with Crippen LogP contribution in [0.4, 0.5) is 0 Å². The molecule has 0 N–H and O–H groups in total. The van der Waals surface area contributed by atoms with Crippen LogP contribution in [0.2, 0.25) is 0 Å². The first-order valence-electron chi connectivity index (χ1n) is 8.71. The van der Waals surface area contributed by atoms with Crippen molar-refractivity contribution >= 4 is 12.3 Å². The van der Waals surface area contributed by atoms with Gasteiger partial charge in [-0.1, -0.05) is 51.1 Å². The first-order valence-corrected chi connectivity index (χ1v) is 8.71. The molecule has 0 amide bonds. The maximum absolute atomic E-state index is 12.4. The molecule has 1 heterocycles. The highest BCUT2D eigenvalue weighted by Crippen LogP contribution is 2.32. The highest BCUT2D eigenvalue weighted by atomic mass is 16.5. The largest absolute Gasteiger partial charge is 0.462 e. The average molecular weight is 341 g/mol. The SMILES string of the molecule is CCOC(=O)c1c(C=O)c(C(C)(C)C)n(CCc2ccccc2)c1C. The van der Waals surface area contributed by atoms with Crippen LogP contribution in [0.3, 0.4) is 0 Å². The third kappa shape index (κ3) is 4.01. The number of esters is 1. The lowest BCUT2D eigenvalue weighted by Gasteiger charge is -2.23. The van der Waals surface area contributed by atoms with Crippen molar-refractivity contribution in [3.05, 3.63) is 58.4 Å². The Bertz CT molecular complexity index is 752. The number of benzene rings is 1. The molecule has 1 aromatic heterocycles. The number of carbonyl (C=O) groups is 2. The molecule has 134 valence electrons. The van der Waals surface area contributed by atoms with E-state index in [-0.39, 0.29) is 12.0 Å². The summed E-state index contributed by atoms with van der Waals surface area (Å²) in [6, 6.07) is 10.2. The minimum absolute atomic E-state index is 0.261. The fourth-order valence-corrected chi connectivity index (χ4v) is 3.31. The molecular weight excluding hydrogens is 314 g/mol. The van der Waals surface area contributed by atoms with E-state index in [1.54, 1.807) is 6.92 Å². The molecule has 4 nitrogen and oxygen atoms in total. The third-order valence-corrected chi connectivity index (χ3v) is 4.34. The average Bonchev–Trinajstić information content (AvgIpc) is 2.86. The van der Waals surface area contributed by atoms with Gasteiger partial charge >= 0.3 is 5.97 Å². The predicted molar refractivity (Wildman–Crippen MR) is 99.4 cm³/mol. The van der Waals surface area contributed by atoms with Gasteiger partial charge in [0, 0.05) is 23.3 Å². The number of nitrogens with zero attached hydrogens (tertiary/aromatic N) is 1. The maximum atomic E-state index is 12.4. The molecule has 2 rings (SSSR count). The summed E-state index contributed by atoms with van der Waals surface area (Å²) in [7, 11) is 0. The van der Waals surface area contributed by atoms with Crippen LogP contribution in [0, 0.1) is 6.92 Å². The van der Waals surface area contributed by atoms with Crippen LogP contribution in [-0.2, 0) is 23.1 Å². The van der Waals surface area contributed by atoms with Crippen molar-refractivity contribution in [2.24, 2.45) is 0 Å². The number of aromatic nitrogens is 1. The van der Waals surface area contributed by atoms with Gasteiger partial charge in [0.25, 0.3) is 0 Å². The van der Waals surface area contributed by atoms with E-state index in [2.05, 4.69) is 37.5 Å². The minimum atomic E-state index is -0.425. The first kappa shape index (κ1) is 19.0. The molecule has 0 bridgehead atoms. The van der Waals surface area contributed by atoms with Gasteiger partial charge in [0.15, 0.2) is 6.29 Å². The van der Waals surface area contributed by atoms with Gasteiger partial charge in [0.05, 0.1) is 17.7 Å². The van der Waals surface area contributed by atoms with Crippen molar-refractivity contribution in [1.82, 2.24) is 4.57 Å². The molecular formula is C21H27NO3. The summed E-state index contributed by atoms with van der Waals surface area (Å²) in [4.78, 5) is 24.2. The van der Waals surface area contributed by atoms with E-state index in [4.69, 9.17) is 4.74 Å². The number of carbonyl (C=O) groups excluding carboxylic acids is 2. The van der Waals surface area contributed by atoms with Crippen LogP contribution in [0.5, 0.6) is 0 Å². The third-order valence-electron chi connectivity index (χ3n) is 4.34. The van der Waals surface area contributed by atoms with Crippen molar-refractivity contribution in [3.8, 4) is 0 Å². The molecule has 0 aliphatic carbocycles. The zero-order chi connectivity index (χ0) is 18.6. The number of ether oxygens (including phenoxy) is 1. The molecule has 0 saturated heterocycles. The van der Waals surface area contributed by atoms with Gasteiger partial charge in [-0.15, -0.1) is 0 Å². The number of aldehydes is 1. The predicted octanol–water partition coefficient (Wildman–Crippen LogP) is 4.33. The number of hydrogen-bond acceptors (Lipinski definition) is 3. The van der Waals surface area contributed by atoms with E-state index < -0.39 is 5.97 Å². The normalized spacial score (nSPS) is 11.4. The van der Waals surface area contributed by atoms with Gasteiger partial charge in [-0.05, 0) is 25.8 Å². The lowest BCUT2D eigenvalue weighted by molar-refractivity contribution is 0.0523. The second-order valence-corrected chi connectivity index (χ2v) is 7.20. The highest BCUT2D eigenvalue weighted by molar-refractivity contribution is 6.00. The van der Waals surface area contributed by atoms with Gasteiger partial charge in [0.2, 0.25) is 0 Å². The molecule has 0 aliphatic heterocycles. The summed E-state index contributed by atoms with van der Waals surface area (Å²) >= 11 is 0. The molecule has 1 aromatic carbocycles. The summed E-state index contributed by atoms with van der Waals surface area (Å²) < 4.78 is 7.28. The Morgan fingerprint density at radius 1 is 1.20 bits per heavy atom. The molecule has 0 atom stereocenters. The van der Waals surface area contributed by atoms with E-state index >= 15 is 0 Å². The van der Waals surface area contributed by atoms with Crippen LogP contribution < -0.4 is 0 Å². The van der Waals surface area contributed by atoms with Crippen LogP contribution in [0.25, 0.3) is 0 Å². The van der Waals surface area contributed by atoms with Gasteiger partial charge in [0.1, 0.15) is 0 Å². The first-order chi connectivity index (χ1) is 11.8.